The fraction of sp³-hybridized carbons (Fsp3) is 0.0857. The van der Waals surface area contributed by atoms with Gasteiger partial charge in [-0.05, 0) is 80.4 Å². The highest BCUT2D eigenvalue weighted by Gasteiger charge is 2.14. The van der Waals surface area contributed by atoms with E-state index in [2.05, 4.69) is 83.0 Å². The first-order valence-corrected chi connectivity index (χ1v) is 13.3. The Bertz CT molecular complexity index is 1920. The SMILES string of the molecule is C=C(C=CC=C(C)Oc1ccc2c3ccccc3n(-c3cc(-c4ccccc4)ccn3)c2c1)n1nc(C)cc1C. The van der Waals surface area contributed by atoms with Gasteiger partial charge in [0.05, 0.1) is 22.4 Å². The fourth-order valence-corrected chi connectivity index (χ4v) is 5.12. The van der Waals surface area contributed by atoms with E-state index in [-0.39, 0.29) is 0 Å². The minimum absolute atomic E-state index is 0.760. The van der Waals surface area contributed by atoms with Crippen molar-refractivity contribution in [3.63, 3.8) is 0 Å². The van der Waals surface area contributed by atoms with Gasteiger partial charge in [-0.1, -0.05) is 61.2 Å². The zero-order valence-corrected chi connectivity index (χ0v) is 22.9. The van der Waals surface area contributed by atoms with Crippen molar-refractivity contribution in [3.8, 4) is 22.7 Å². The van der Waals surface area contributed by atoms with Crippen LogP contribution < -0.4 is 4.74 Å². The summed E-state index contributed by atoms with van der Waals surface area (Å²) in [6.45, 7) is 10.1. The van der Waals surface area contributed by atoms with Crippen LogP contribution in [0.5, 0.6) is 5.75 Å². The van der Waals surface area contributed by atoms with E-state index < -0.39 is 0 Å². The van der Waals surface area contributed by atoms with Crippen LogP contribution in [0, 0.1) is 13.8 Å². The maximum Gasteiger partial charge on any atom is 0.138 e. The van der Waals surface area contributed by atoms with Gasteiger partial charge in [-0.15, -0.1) is 0 Å². The second-order valence-corrected chi connectivity index (χ2v) is 9.87. The smallest absolute Gasteiger partial charge is 0.138 e. The average molecular weight is 523 g/mol. The molecule has 3 heterocycles. The number of hydrogen-bond acceptors (Lipinski definition) is 3. The van der Waals surface area contributed by atoms with E-state index in [1.165, 1.54) is 5.39 Å². The molecule has 0 spiro atoms. The number of fused-ring (bicyclic) bond motifs is 3. The van der Waals surface area contributed by atoms with E-state index in [0.717, 1.165) is 62.0 Å². The third kappa shape index (κ3) is 4.85. The maximum atomic E-state index is 6.24. The van der Waals surface area contributed by atoms with Crippen LogP contribution in [0.15, 0.2) is 128 Å². The Morgan fingerprint density at radius 1 is 0.825 bits per heavy atom. The molecule has 3 aromatic carbocycles. The van der Waals surface area contributed by atoms with Crippen molar-refractivity contribution in [3.05, 3.63) is 139 Å². The van der Waals surface area contributed by atoms with Crippen molar-refractivity contribution in [1.29, 1.82) is 0 Å². The van der Waals surface area contributed by atoms with Crippen LogP contribution in [0.4, 0.5) is 0 Å². The summed E-state index contributed by atoms with van der Waals surface area (Å²) in [5.74, 6) is 2.39. The highest BCUT2D eigenvalue weighted by Crippen LogP contribution is 2.34. The number of hydrogen-bond donors (Lipinski definition) is 0. The van der Waals surface area contributed by atoms with E-state index in [0.29, 0.717) is 0 Å². The Balaban J connectivity index is 1.34. The number of ether oxygens (including phenoxy) is 1. The Kier molecular flexibility index (Phi) is 6.62. The molecular weight excluding hydrogens is 492 g/mol. The molecule has 5 heteroatoms. The van der Waals surface area contributed by atoms with Crippen molar-refractivity contribution >= 4 is 27.5 Å². The summed E-state index contributed by atoms with van der Waals surface area (Å²) in [7, 11) is 0. The molecule has 0 aliphatic rings. The molecule has 0 bridgehead atoms. The van der Waals surface area contributed by atoms with Gasteiger partial charge in [0.15, 0.2) is 0 Å². The van der Waals surface area contributed by atoms with Crippen LogP contribution >= 0.6 is 0 Å². The van der Waals surface area contributed by atoms with Crippen LogP contribution in [0.2, 0.25) is 0 Å². The molecule has 0 fully saturated rings. The minimum atomic E-state index is 0.760. The first kappa shape index (κ1) is 25.1. The molecule has 0 saturated heterocycles. The van der Waals surface area contributed by atoms with E-state index >= 15 is 0 Å². The van der Waals surface area contributed by atoms with Crippen LogP contribution in [0.1, 0.15) is 18.3 Å². The third-order valence-corrected chi connectivity index (χ3v) is 6.91. The normalized spacial score (nSPS) is 12.0. The molecule has 6 aromatic rings. The van der Waals surface area contributed by atoms with Crippen LogP contribution in [-0.4, -0.2) is 19.3 Å². The summed E-state index contributed by atoms with van der Waals surface area (Å²) in [5, 5.41) is 6.81. The highest BCUT2D eigenvalue weighted by molar-refractivity contribution is 6.09. The predicted molar refractivity (Wildman–Crippen MR) is 165 cm³/mol. The van der Waals surface area contributed by atoms with Gasteiger partial charge in [-0.3, -0.25) is 4.57 Å². The number of aromatic nitrogens is 4. The van der Waals surface area contributed by atoms with Gasteiger partial charge in [0.25, 0.3) is 0 Å². The van der Waals surface area contributed by atoms with Gasteiger partial charge in [-0.2, -0.15) is 5.10 Å². The van der Waals surface area contributed by atoms with Crippen molar-refractivity contribution < 1.29 is 4.74 Å². The summed E-state index contributed by atoms with van der Waals surface area (Å²) >= 11 is 0. The van der Waals surface area contributed by atoms with Crippen molar-refractivity contribution in [2.45, 2.75) is 20.8 Å². The molecule has 0 saturated carbocycles. The summed E-state index contributed by atoms with van der Waals surface area (Å²) in [6.07, 6.45) is 7.67. The Hall–Kier alpha value is -5.16. The zero-order valence-electron chi connectivity index (χ0n) is 22.9. The molecule has 0 aliphatic heterocycles. The van der Waals surface area contributed by atoms with Crippen molar-refractivity contribution in [2.24, 2.45) is 0 Å². The van der Waals surface area contributed by atoms with Gasteiger partial charge >= 0.3 is 0 Å². The third-order valence-electron chi connectivity index (χ3n) is 6.91. The van der Waals surface area contributed by atoms with E-state index in [4.69, 9.17) is 9.72 Å². The summed E-state index contributed by atoms with van der Waals surface area (Å²) < 4.78 is 10.3. The van der Waals surface area contributed by atoms with Crippen molar-refractivity contribution in [2.75, 3.05) is 0 Å². The molecule has 0 N–H and O–H groups in total. The molecule has 3 aromatic heterocycles. The molecule has 0 unspecified atom stereocenters. The first-order chi connectivity index (χ1) is 19.5. The average Bonchev–Trinajstić information content (AvgIpc) is 3.49. The van der Waals surface area contributed by atoms with E-state index in [9.17, 15) is 0 Å². The van der Waals surface area contributed by atoms with Gasteiger partial charge in [0.1, 0.15) is 17.3 Å². The number of benzene rings is 3. The first-order valence-electron chi connectivity index (χ1n) is 13.3. The van der Waals surface area contributed by atoms with E-state index in [1.54, 1.807) is 0 Å². The summed E-state index contributed by atoms with van der Waals surface area (Å²) in [5.41, 5.74) is 7.24. The highest BCUT2D eigenvalue weighted by atomic mass is 16.5. The zero-order chi connectivity index (χ0) is 27.6. The molecular formula is C35H30N4O. The second-order valence-electron chi connectivity index (χ2n) is 9.87. The number of rotatable bonds is 7. The monoisotopic (exact) mass is 522 g/mol. The molecule has 0 amide bonds. The molecule has 0 aliphatic carbocycles. The lowest BCUT2D eigenvalue weighted by Gasteiger charge is -2.10. The van der Waals surface area contributed by atoms with Gasteiger partial charge in [0.2, 0.25) is 0 Å². The Labute approximate surface area is 234 Å². The van der Waals surface area contributed by atoms with Gasteiger partial charge < -0.3 is 4.74 Å². The lowest BCUT2D eigenvalue weighted by Crippen LogP contribution is -1.98. The number of allylic oxidation sites excluding steroid dienone is 5. The van der Waals surface area contributed by atoms with Gasteiger partial charge in [-0.25, -0.2) is 9.67 Å². The van der Waals surface area contributed by atoms with Crippen molar-refractivity contribution in [1.82, 2.24) is 19.3 Å². The maximum absolute atomic E-state index is 6.24. The summed E-state index contributed by atoms with van der Waals surface area (Å²) in [6, 6.07) is 31.3. The molecule has 6 rings (SSSR count). The number of nitrogens with zero attached hydrogens (tertiary/aromatic N) is 4. The van der Waals surface area contributed by atoms with Crippen LogP contribution in [-0.2, 0) is 0 Å². The standard InChI is InChI=1S/C35H30N4O/c1-24-21-26(3)39(37-24)25(2)11-10-12-27(4)40-30-17-18-32-31-15-8-9-16-33(31)38(34(32)23-30)35-22-29(19-20-36-35)28-13-6-5-7-14-28/h5-23H,2H2,1,3-4H3. The molecule has 40 heavy (non-hydrogen) atoms. The Morgan fingerprint density at radius 3 is 2.40 bits per heavy atom. The lowest BCUT2D eigenvalue weighted by atomic mass is 10.1. The topological polar surface area (TPSA) is 44.9 Å². The van der Waals surface area contributed by atoms with Crippen LogP contribution in [0.25, 0.3) is 44.4 Å². The fourth-order valence-electron chi connectivity index (χ4n) is 5.12. The quantitative estimate of drug-likeness (QED) is 0.156. The number of aryl methyl sites for hydroxylation is 2. The summed E-state index contributed by atoms with van der Waals surface area (Å²) in [4.78, 5) is 4.77. The molecule has 0 atom stereocenters. The molecule has 5 nitrogen and oxygen atoms in total. The van der Waals surface area contributed by atoms with Crippen LogP contribution in [0.3, 0.4) is 0 Å². The Morgan fingerprint density at radius 2 is 1.60 bits per heavy atom. The number of pyridine rings is 1. The largest absolute Gasteiger partial charge is 0.462 e. The molecule has 196 valence electrons. The second kappa shape index (κ2) is 10.5. The molecule has 0 radical (unpaired) electrons. The van der Waals surface area contributed by atoms with Gasteiger partial charge in [0, 0.05) is 28.7 Å². The minimum Gasteiger partial charge on any atom is -0.462 e. The predicted octanol–water partition coefficient (Wildman–Crippen LogP) is 8.67. The lowest BCUT2D eigenvalue weighted by molar-refractivity contribution is 0.428. The van der Waals surface area contributed by atoms with E-state index in [1.807, 2.05) is 74.1 Å². The number of para-hydroxylation sites is 1.